The topological polar surface area (TPSA) is 146 Å². The van der Waals surface area contributed by atoms with Gasteiger partial charge in [0.1, 0.15) is 18.8 Å². The third kappa shape index (κ3) is 7.74. The Balaban J connectivity index is 0.00000462. The summed E-state index contributed by atoms with van der Waals surface area (Å²) in [7, 11) is 0. The molecule has 0 bridgehead atoms. The molecule has 0 spiro atoms. The van der Waals surface area contributed by atoms with E-state index in [0.29, 0.717) is 28.9 Å². The predicted octanol–water partition coefficient (Wildman–Crippen LogP) is 2.88. The molecule has 4 rings (SSSR count). The number of thiophene rings is 1. The molecule has 2 aromatic rings. The zero-order valence-corrected chi connectivity index (χ0v) is 24.7. The van der Waals surface area contributed by atoms with Gasteiger partial charge < -0.3 is 19.5 Å². The Morgan fingerprint density at radius 1 is 1.12 bits per heavy atom. The number of aliphatic carboxylic acids is 1. The maximum atomic E-state index is 13.3. The number of carboxylic acid groups (broad SMARTS) is 1. The number of rotatable bonds is 10. The van der Waals surface area contributed by atoms with Crippen molar-refractivity contribution in [1.29, 1.82) is 0 Å². The molecule has 222 valence electrons. The zero-order valence-electron chi connectivity index (χ0n) is 22.3. The van der Waals surface area contributed by atoms with E-state index < -0.39 is 42.6 Å². The Kier molecular flexibility index (Phi) is 11.1. The third-order valence-electron chi connectivity index (χ3n) is 6.46. The maximum absolute atomic E-state index is 13.3. The number of benzene rings is 1. The average Bonchev–Trinajstić information content (AvgIpc) is 3.52. The fraction of sp³-hybridized carbons (Fsp3) is 0.423. The van der Waals surface area contributed by atoms with Crippen LogP contribution in [0.25, 0.3) is 0 Å². The smallest absolute Gasteiger partial charge is 0.414 e. The summed E-state index contributed by atoms with van der Waals surface area (Å²) in [6, 6.07) is 8.84. The normalized spacial score (nSPS) is 17.7. The monoisotopic (exact) mass is 628 g/mol. The highest BCUT2D eigenvalue weighted by atomic mass is 35.5. The van der Waals surface area contributed by atoms with E-state index >= 15 is 0 Å². The summed E-state index contributed by atoms with van der Waals surface area (Å²) in [6.45, 7) is 3.69. The molecule has 2 N–H and O–H groups in total. The number of cyclic esters (lactones) is 1. The van der Waals surface area contributed by atoms with Crippen LogP contribution in [-0.4, -0.2) is 91.3 Å². The number of hydrogen-bond acceptors (Lipinski definition) is 9. The molecule has 1 aromatic heterocycles. The highest BCUT2D eigenvalue weighted by molar-refractivity contribution is 7.18. The summed E-state index contributed by atoms with van der Waals surface area (Å²) in [5, 5.41) is 12.1. The maximum Gasteiger partial charge on any atom is 0.414 e. The fourth-order valence-corrected chi connectivity index (χ4v) is 5.39. The molecule has 2 fully saturated rings. The van der Waals surface area contributed by atoms with Crippen molar-refractivity contribution in [3.05, 3.63) is 45.6 Å². The SMILES string of the molecule is CC(C)[C@H](NCC(=O)N(C[C@H]1CN(c2ccc(N3CCOCC3=O)cc2)C(=O)O1)C(=O)c1ccc(Cl)s1)C(=O)O.Cl. The second-order valence-corrected chi connectivity index (χ2v) is 11.3. The molecular weight excluding hydrogens is 599 g/mol. The number of ether oxygens (including phenoxy) is 2. The van der Waals surface area contributed by atoms with Crippen LogP contribution in [0.15, 0.2) is 36.4 Å². The number of nitrogens with zero attached hydrogens (tertiary/aromatic N) is 3. The van der Waals surface area contributed by atoms with Crippen molar-refractivity contribution in [1.82, 2.24) is 10.2 Å². The van der Waals surface area contributed by atoms with Crippen LogP contribution in [0, 0.1) is 5.92 Å². The minimum absolute atomic E-state index is 0. The number of nitrogens with one attached hydrogen (secondary N) is 1. The quantitative estimate of drug-likeness (QED) is 0.405. The third-order valence-corrected chi connectivity index (χ3v) is 7.67. The van der Waals surface area contributed by atoms with Crippen LogP contribution in [0.2, 0.25) is 4.34 Å². The first-order valence-electron chi connectivity index (χ1n) is 12.6. The molecule has 4 amide bonds. The van der Waals surface area contributed by atoms with Crippen LogP contribution < -0.4 is 15.1 Å². The summed E-state index contributed by atoms with van der Waals surface area (Å²) in [6.07, 6.45) is -1.49. The van der Waals surface area contributed by atoms with Crippen LogP contribution in [0.3, 0.4) is 0 Å². The van der Waals surface area contributed by atoms with E-state index in [0.717, 1.165) is 16.2 Å². The molecule has 2 saturated heterocycles. The Hall–Kier alpha value is -3.23. The number of imide groups is 1. The van der Waals surface area contributed by atoms with Crippen molar-refractivity contribution < 1.29 is 38.6 Å². The lowest BCUT2D eigenvalue weighted by atomic mass is 10.1. The lowest BCUT2D eigenvalue weighted by Crippen LogP contribution is -2.50. The van der Waals surface area contributed by atoms with Crippen LogP contribution in [-0.2, 0) is 23.9 Å². The van der Waals surface area contributed by atoms with E-state index in [4.69, 9.17) is 21.1 Å². The van der Waals surface area contributed by atoms with Gasteiger partial charge in [-0.1, -0.05) is 25.4 Å². The van der Waals surface area contributed by atoms with E-state index in [1.165, 1.54) is 17.0 Å². The highest BCUT2D eigenvalue weighted by Crippen LogP contribution is 2.27. The summed E-state index contributed by atoms with van der Waals surface area (Å²) in [5.74, 6) is -2.87. The van der Waals surface area contributed by atoms with Gasteiger partial charge in [-0.2, -0.15) is 0 Å². The Bertz CT molecular complexity index is 1290. The van der Waals surface area contributed by atoms with Crippen LogP contribution >= 0.6 is 35.3 Å². The number of anilines is 2. The van der Waals surface area contributed by atoms with Crippen LogP contribution in [0.1, 0.15) is 23.5 Å². The second kappa shape index (κ2) is 14.1. The predicted molar refractivity (Wildman–Crippen MR) is 154 cm³/mol. The molecule has 2 aliphatic heterocycles. The molecule has 3 heterocycles. The molecule has 0 unspecified atom stereocenters. The van der Waals surface area contributed by atoms with Gasteiger partial charge in [0.15, 0.2) is 0 Å². The number of halogens is 2. The number of carbonyl (C=O) groups excluding carboxylic acids is 4. The van der Waals surface area contributed by atoms with Gasteiger partial charge in [0, 0.05) is 17.9 Å². The summed E-state index contributed by atoms with van der Waals surface area (Å²) < 4.78 is 11.0. The number of amides is 4. The molecule has 2 atom stereocenters. The van der Waals surface area contributed by atoms with Gasteiger partial charge in [0.05, 0.1) is 35.5 Å². The van der Waals surface area contributed by atoms with Gasteiger partial charge in [-0.05, 0) is 42.3 Å². The van der Waals surface area contributed by atoms with E-state index in [9.17, 15) is 29.1 Å². The molecule has 0 radical (unpaired) electrons. The fourth-order valence-electron chi connectivity index (χ4n) is 4.40. The van der Waals surface area contributed by atoms with E-state index in [-0.39, 0.29) is 48.8 Å². The molecule has 2 aliphatic rings. The first kappa shape index (κ1) is 32.3. The van der Waals surface area contributed by atoms with Crippen LogP contribution in [0.4, 0.5) is 16.2 Å². The summed E-state index contributed by atoms with van der Waals surface area (Å²) in [5.41, 5.74) is 1.20. The van der Waals surface area contributed by atoms with Gasteiger partial charge in [-0.15, -0.1) is 23.7 Å². The second-order valence-electron chi connectivity index (χ2n) is 9.58. The Morgan fingerprint density at radius 2 is 1.78 bits per heavy atom. The Labute approximate surface area is 251 Å². The average molecular weight is 630 g/mol. The molecule has 15 heteroatoms. The summed E-state index contributed by atoms with van der Waals surface area (Å²) >= 11 is 6.99. The number of hydrogen-bond donors (Lipinski definition) is 2. The van der Waals surface area contributed by atoms with E-state index in [2.05, 4.69) is 5.32 Å². The highest BCUT2D eigenvalue weighted by Gasteiger charge is 2.37. The summed E-state index contributed by atoms with van der Waals surface area (Å²) in [4.78, 5) is 67.0. The minimum atomic E-state index is -1.12. The standard InChI is InChI=1S/C26H29ClN4O8S.ClH/c1-15(2)23(25(35)36)28-11-21(32)31(24(34)19-7-8-20(27)40-19)13-18-12-30(26(37)39-18)17-5-3-16(4-6-17)29-9-10-38-14-22(29)33;/h3-8,15,18,23,28H,9-14H2,1-2H3,(H,35,36);1H/t18-,23+;/m1./s1. The largest absolute Gasteiger partial charge is 0.480 e. The number of carboxylic acids is 1. The van der Waals surface area contributed by atoms with Crippen molar-refractivity contribution in [2.75, 3.05) is 49.2 Å². The molecular formula is C26H30Cl2N4O8S. The van der Waals surface area contributed by atoms with Crippen LogP contribution in [0.5, 0.6) is 0 Å². The molecule has 0 saturated carbocycles. The molecule has 12 nitrogen and oxygen atoms in total. The minimum Gasteiger partial charge on any atom is -0.480 e. The van der Waals surface area contributed by atoms with Crippen molar-refractivity contribution in [3.8, 4) is 0 Å². The van der Waals surface area contributed by atoms with Crippen molar-refractivity contribution in [2.24, 2.45) is 5.92 Å². The van der Waals surface area contributed by atoms with E-state index in [1.807, 2.05) is 0 Å². The van der Waals surface area contributed by atoms with Gasteiger partial charge >= 0.3 is 12.1 Å². The lowest BCUT2D eigenvalue weighted by molar-refractivity contribution is -0.141. The molecule has 0 aliphatic carbocycles. The first-order chi connectivity index (χ1) is 19.0. The lowest BCUT2D eigenvalue weighted by Gasteiger charge is -2.27. The molecule has 1 aromatic carbocycles. The van der Waals surface area contributed by atoms with Gasteiger partial charge in [-0.25, -0.2) is 4.79 Å². The zero-order chi connectivity index (χ0) is 29.0. The Morgan fingerprint density at radius 3 is 2.34 bits per heavy atom. The van der Waals surface area contributed by atoms with Crippen molar-refractivity contribution in [3.63, 3.8) is 0 Å². The van der Waals surface area contributed by atoms with Gasteiger partial charge in [-0.3, -0.25) is 34.3 Å². The van der Waals surface area contributed by atoms with Gasteiger partial charge in [0.2, 0.25) is 5.91 Å². The van der Waals surface area contributed by atoms with Gasteiger partial charge in [0.25, 0.3) is 11.8 Å². The number of carbonyl (C=O) groups is 5. The first-order valence-corrected chi connectivity index (χ1v) is 13.8. The van der Waals surface area contributed by atoms with Crippen molar-refractivity contribution >= 4 is 76.5 Å². The van der Waals surface area contributed by atoms with E-state index in [1.54, 1.807) is 43.0 Å². The number of morpholine rings is 1. The van der Waals surface area contributed by atoms with Crippen molar-refractivity contribution in [2.45, 2.75) is 26.0 Å². The molecule has 41 heavy (non-hydrogen) atoms.